The average Bonchev–Trinajstić information content (AvgIpc) is 2.29. The van der Waals surface area contributed by atoms with Gasteiger partial charge in [-0.1, -0.05) is 29.8 Å². The molecule has 0 aromatic heterocycles. The van der Waals surface area contributed by atoms with Crippen LogP contribution in [0.25, 0.3) is 0 Å². The van der Waals surface area contributed by atoms with Crippen molar-refractivity contribution < 1.29 is 9.59 Å². The molecule has 0 fully saturated rings. The number of nitrogens with one attached hydrogen (secondary N) is 2. The molecule has 0 bridgehead atoms. The second kappa shape index (κ2) is 6.13. The minimum atomic E-state index is -0.779. The summed E-state index contributed by atoms with van der Waals surface area (Å²) in [6.07, 6.45) is 1.49. The number of hydrazone groups is 1. The van der Waals surface area contributed by atoms with Crippen molar-refractivity contribution in [2.75, 3.05) is 0 Å². The number of aryl methyl sites for hydroxylation is 1. The number of carbonyl (C=O) groups is 2. The van der Waals surface area contributed by atoms with Gasteiger partial charge < -0.3 is 5.32 Å². The number of carbonyl (C=O) groups excluding carboxylic acids is 2. The molecule has 0 spiro atoms. The Bertz CT molecular complexity index is 484. The lowest BCUT2D eigenvalue weighted by molar-refractivity contribution is -0.140. The zero-order chi connectivity index (χ0) is 14.5. The van der Waals surface area contributed by atoms with Gasteiger partial charge in [-0.25, -0.2) is 5.43 Å². The Kier molecular flexibility index (Phi) is 4.80. The molecule has 1 aromatic rings. The maximum atomic E-state index is 11.4. The maximum Gasteiger partial charge on any atom is 0.329 e. The van der Waals surface area contributed by atoms with Crippen molar-refractivity contribution in [2.24, 2.45) is 5.10 Å². The number of hydrogen-bond donors (Lipinski definition) is 2. The fourth-order valence-corrected chi connectivity index (χ4v) is 1.27. The Balaban J connectivity index is 2.50. The fraction of sp³-hybridized carbons (Fsp3) is 0.357. The number of benzene rings is 1. The summed E-state index contributed by atoms with van der Waals surface area (Å²) in [5.74, 6) is -1.48. The Morgan fingerprint density at radius 3 is 2.21 bits per heavy atom. The number of hydrogen-bond acceptors (Lipinski definition) is 3. The molecule has 5 nitrogen and oxygen atoms in total. The summed E-state index contributed by atoms with van der Waals surface area (Å²) in [5.41, 5.74) is 3.73. The molecule has 0 aliphatic heterocycles. The van der Waals surface area contributed by atoms with Gasteiger partial charge in [-0.2, -0.15) is 5.10 Å². The smallest absolute Gasteiger partial charge is 0.329 e. The van der Waals surface area contributed by atoms with Gasteiger partial charge in [0, 0.05) is 5.54 Å². The largest absolute Gasteiger partial charge is 0.343 e. The molecule has 5 heteroatoms. The van der Waals surface area contributed by atoms with E-state index in [0.717, 1.165) is 11.1 Å². The van der Waals surface area contributed by atoms with Crippen molar-refractivity contribution in [2.45, 2.75) is 33.2 Å². The third kappa shape index (κ3) is 5.81. The van der Waals surface area contributed by atoms with Gasteiger partial charge in [-0.15, -0.1) is 0 Å². The van der Waals surface area contributed by atoms with Crippen molar-refractivity contribution >= 4 is 18.0 Å². The van der Waals surface area contributed by atoms with Crippen LogP contribution in [0.15, 0.2) is 29.4 Å². The van der Waals surface area contributed by atoms with E-state index in [-0.39, 0.29) is 0 Å². The normalized spacial score (nSPS) is 11.4. The van der Waals surface area contributed by atoms with Crippen LogP contribution in [0.2, 0.25) is 0 Å². The highest BCUT2D eigenvalue weighted by Crippen LogP contribution is 2.00. The molecule has 0 saturated heterocycles. The van der Waals surface area contributed by atoms with Crippen molar-refractivity contribution in [1.29, 1.82) is 0 Å². The Labute approximate surface area is 113 Å². The van der Waals surface area contributed by atoms with Crippen molar-refractivity contribution in [1.82, 2.24) is 10.7 Å². The first-order chi connectivity index (χ1) is 8.78. The van der Waals surface area contributed by atoms with Crippen LogP contribution >= 0.6 is 0 Å². The molecule has 0 heterocycles. The van der Waals surface area contributed by atoms with Crippen molar-refractivity contribution in [3.05, 3.63) is 35.4 Å². The Hall–Kier alpha value is -2.17. The molecule has 0 atom stereocenters. The molecule has 102 valence electrons. The van der Waals surface area contributed by atoms with Crippen LogP contribution in [0, 0.1) is 6.92 Å². The minimum Gasteiger partial charge on any atom is -0.343 e. The summed E-state index contributed by atoms with van der Waals surface area (Å²) in [4.78, 5) is 22.9. The number of rotatable bonds is 2. The Morgan fingerprint density at radius 2 is 1.68 bits per heavy atom. The third-order valence-corrected chi connectivity index (χ3v) is 2.15. The average molecular weight is 261 g/mol. The molecule has 0 unspecified atom stereocenters. The van der Waals surface area contributed by atoms with Gasteiger partial charge in [0.15, 0.2) is 0 Å². The fourth-order valence-electron chi connectivity index (χ4n) is 1.27. The van der Waals surface area contributed by atoms with E-state index >= 15 is 0 Å². The van der Waals surface area contributed by atoms with Gasteiger partial charge in [-0.05, 0) is 33.3 Å². The van der Waals surface area contributed by atoms with Crippen LogP contribution in [0.4, 0.5) is 0 Å². The monoisotopic (exact) mass is 261 g/mol. The molecule has 19 heavy (non-hydrogen) atoms. The lowest BCUT2D eigenvalue weighted by atomic mass is 10.1. The van der Waals surface area contributed by atoms with Crippen LogP contribution in [-0.2, 0) is 9.59 Å². The summed E-state index contributed by atoms with van der Waals surface area (Å²) in [5, 5.41) is 6.29. The highest BCUT2D eigenvalue weighted by molar-refractivity contribution is 6.35. The standard InChI is InChI=1S/C14H19N3O2/c1-10-5-7-11(8-6-10)9-15-17-13(19)12(18)16-14(2,3)4/h5-9H,1-4H3,(H,16,18)(H,17,19). The van der Waals surface area contributed by atoms with Crippen LogP contribution in [0.1, 0.15) is 31.9 Å². The first-order valence-corrected chi connectivity index (χ1v) is 6.00. The number of amides is 2. The molecule has 0 aliphatic rings. The van der Waals surface area contributed by atoms with Gasteiger partial charge in [0.2, 0.25) is 0 Å². The molecule has 0 radical (unpaired) electrons. The lowest BCUT2D eigenvalue weighted by Crippen LogP contribution is -2.47. The molecular weight excluding hydrogens is 242 g/mol. The van der Waals surface area contributed by atoms with Gasteiger partial charge in [0.1, 0.15) is 0 Å². The SMILES string of the molecule is Cc1ccc(C=NNC(=O)C(=O)NC(C)(C)C)cc1. The van der Waals surface area contributed by atoms with E-state index in [4.69, 9.17) is 0 Å². The summed E-state index contributed by atoms with van der Waals surface area (Å²) < 4.78 is 0. The van der Waals surface area contributed by atoms with Crippen molar-refractivity contribution in [3.63, 3.8) is 0 Å². The zero-order valence-electron chi connectivity index (χ0n) is 11.7. The molecule has 1 aromatic carbocycles. The molecule has 0 saturated carbocycles. The maximum absolute atomic E-state index is 11.4. The highest BCUT2D eigenvalue weighted by atomic mass is 16.2. The summed E-state index contributed by atoms with van der Waals surface area (Å²) >= 11 is 0. The first-order valence-electron chi connectivity index (χ1n) is 6.00. The molecule has 1 rings (SSSR count). The van der Waals surface area contributed by atoms with Crippen LogP contribution in [0.5, 0.6) is 0 Å². The van der Waals surface area contributed by atoms with E-state index < -0.39 is 17.4 Å². The van der Waals surface area contributed by atoms with Crippen molar-refractivity contribution in [3.8, 4) is 0 Å². The summed E-state index contributed by atoms with van der Waals surface area (Å²) in [7, 11) is 0. The van der Waals surface area contributed by atoms with Gasteiger partial charge >= 0.3 is 11.8 Å². The highest BCUT2D eigenvalue weighted by Gasteiger charge is 2.19. The predicted molar refractivity (Wildman–Crippen MR) is 74.8 cm³/mol. The second-order valence-corrected chi connectivity index (χ2v) is 5.31. The van der Waals surface area contributed by atoms with E-state index in [2.05, 4.69) is 15.8 Å². The van der Waals surface area contributed by atoms with Gasteiger partial charge in [0.05, 0.1) is 6.21 Å². The van der Waals surface area contributed by atoms with Crippen LogP contribution in [0.3, 0.4) is 0 Å². The zero-order valence-corrected chi connectivity index (χ0v) is 11.7. The van der Waals surface area contributed by atoms with E-state index in [1.54, 1.807) is 20.8 Å². The molecule has 2 N–H and O–H groups in total. The first kappa shape index (κ1) is 14.9. The predicted octanol–water partition coefficient (Wildman–Crippen LogP) is 1.36. The van der Waals surface area contributed by atoms with Gasteiger partial charge in [-0.3, -0.25) is 9.59 Å². The topological polar surface area (TPSA) is 70.6 Å². The summed E-state index contributed by atoms with van der Waals surface area (Å²) in [6.45, 7) is 7.38. The Morgan fingerprint density at radius 1 is 1.11 bits per heavy atom. The molecule has 2 amide bonds. The quantitative estimate of drug-likeness (QED) is 0.479. The molecule has 0 aliphatic carbocycles. The molecular formula is C14H19N3O2. The van der Waals surface area contributed by atoms with E-state index in [1.165, 1.54) is 6.21 Å². The summed E-state index contributed by atoms with van der Waals surface area (Å²) in [6, 6.07) is 7.63. The van der Waals surface area contributed by atoms with Crippen LogP contribution in [-0.4, -0.2) is 23.6 Å². The second-order valence-electron chi connectivity index (χ2n) is 5.31. The van der Waals surface area contributed by atoms with E-state index in [1.807, 2.05) is 31.2 Å². The minimum absolute atomic E-state index is 0.449. The lowest BCUT2D eigenvalue weighted by Gasteiger charge is -2.19. The third-order valence-electron chi connectivity index (χ3n) is 2.15. The van der Waals surface area contributed by atoms with E-state index in [9.17, 15) is 9.59 Å². The van der Waals surface area contributed by atoms with Gasteiger partial charge in [0.25, 0.3) is 0 Å². The number of nitrogens with zero attached hydrogens (tertiary/aromatic N) is 1. The van der Waals surface area contributed by atoms with E-state index in [0.29, 0.717) is 0 Å². The van der Waals surface area contributed by atoms with Crippen LogP contribution < -0.4 is 10.7 Å².